The van der Waals surface area contributed by atoms with Crippen LogP contribution in [-0.4, -0.2) is 48.2 Å². The number of nitrogens with zero attached hydrogens (tertiary/aromatic N) is 2. The highest BCUT2D eigenvalue weighted by atomic mass is 32.1. The normalized spacial score (nSPS) is 24.7. The lowest BCUT2D eigenvalue weighted by Crippen LogP contribution is -2.30. The predicted molar refractivity (Wildman–Crippen MR) is 101 cm³/mol. The van der Waals surface area contributed by atoms with Crippen LogP contribution < -0.4 is 4.74 Å². The molecule has 6 heteroatoms. The molecule has 26 heavy (non-hydrogen) atoms. The van der Waals surface area contributed by atoms with E-state index in [2.05, 4.69) is 18.8 Å². The van der Waals surface area contributed by atoms with Crippen molar-refractivity contribution in [2.24, 2.45) is 11.8 Å². The van der Waals surface area contributed by atoms with Gasteiger partial charge in [0.1, 0.15) is 5.75 Å². The highest BCUT2D eigenvalue weighted by Gasteiger charge is 2.45. The first-order valence-corrected chi connectivity index (χ1v) is 9.94. The van der Waals surface area contributed by atoms with E-state index in [4.69, 9.17) is 9.47 Å². The van der Waals surface area contributed by atoms with E-state index in [1.165, 1.54) is 10.4 Å². The minimum atomic E-state index is 0.148. The van der Waals surface area contributed by atoms with E-state index >= 15 is 0 Å². The number of likely N-dealkylation sites (tertiary alicyclic amines) is 1. The van der Waals surface area contributed by atoms with Crippen molar-refractivity contribution in [2.75, 3.05) is 26.3 Å². The lowest BCUT2D eigenvalue weighted by atomic mass is 9.91. The topological polar surface area (TPSA) is 51.7 Å². The highest BCUT2D eigenvalue weighted by molar-refractivity contribution is 7.14. The second-order valence-electron chi connectivity index (χ2n) is 7.18. The molecule has 3 atom stereocenters. The smallest absolute Gasteiger partial charge is 0.264 e. The molecule has 4 rings (SSSR count). The van der Waals surface area contributed by atoms with Crippen LogP contribution in [0.1, 0.15) is 26.5 Å². The van der Waals surface area contributed by atoms with Crippen LogP contribution in [0, 0.1) is 25.7 Å². The number of aryl methyl sites for hydroxylation is 2. The summed E-state index contributed by atoms with van der Waals surface area (Å²) in [5, 5.41) is 0. The summed E-state index contributed by atoms with van der Waals surface area (Å²) in [5.74, 6) is 1.81. The number of hydrogen-bond acceptors (Lipinski definition) is 5. The minimum Gasteiger partial charge on any atom is -0.492 e. The molecule has 2 saturated heterocycles. The molecule has 5 nitrogen and oxygen atoms in total. The van der Waals surface area contributed by atoms with Crippen LogP contribution in [0.25, 0.3) is 0 Å². The van der Waals surface area contributed by atoms with Crippen molar-refractivity contribution in [3.63, 3.8) is 0 Å². The van der Waals surface area contributed by atoms with Crippen LogP contribution >= 0.6 is 11.3 Å². The van der Waals surface area contributed by atoms with Crippen molar-refractivity contribution in [2.45, 2.75) is 26.4 Å². The molecule has 2 fully saturated rings. The Hall–Kier alpha value is -1.92. The molecule has 4 heterocycles. The fourth-order valence-electron chi connectivity index (χ4n) is 3.86. The second kappa shape index (κ2) is 7.37. The summed E-state index contributed by atoms with van der Waals surface area (Å²) in [6, 6.07) is 5.80. The third-order valence-corrected chi connectivity index (χ3v) is 6.64. The first-order valence-electron chi connectivity index (χ1n) is 9.12. The van der Waals surface area contributed by atoms with Crippen LogP contribution in [0.15, 0.2) is 30.6 Å². The van der Waals surface area contributed by atoms with Gasteiger partial charge in [-0.15, -0.1) is 11.3 Å². The van der Waals surface area contributed by atoms with E-state index in [-0.39, 0.29) is 12.0 Å². The van der Waals surface area contributed by atoms with Gasteiger partial charge in [0.05, 0.1) is 30.4 Å². The summed E-state index contributed by atoms with van der Waals surface area (Å²) in [6.45, 7) is 7.04. The fraction of sp³-hybridized carbons (Fsp3) is 0.500. The number of aromatic nitrogens is 1. The summed E-state index contributed by atoms with van der Waals surface area (Å²) in [6.07, 6.45) is 4.58. The zero-order chi connectivity index (χ0) is 18.1. The Bertz CT molecular complexity index is 757. The summed E-state index contributed by atoms with van der Waals surface area (Å²) in [4.78, 5) is 20.9. The number of rotatable bonds is 5. The summed E-state index contributed by atoms with van der Waals surface area (Å²) < 4.78 is 11.8. The summed E-state index contributed by atoms with van der Waals surface area (Å²) in [5.41, 5.74) is 1.19. The third-order valence-electron chi connectivity index (χ3n) is 5.49. The molecule has 2 aromatic rings. The maximum absolute atomic E-state index is 12.8. The molecule has 0 aliphatic carbocycles. The second-order valence-corrected chi connectivity index (χ2v) is 8.44. The van der Waals surface area contributed by atoms with Gasteiger partial charge in [0.2, 0.25) is 0 Å². The van der Waals surface area contributed by atoms with E-state index < -0.39 is 0 Å². The van der Waals surface area contributed by atoms with Gasteiger partial charge in [0, 0.05) is 30.1 Å². The van der Waals surface area contributed by atoms with E-state index in [0.29, 0.717) is 25.0 Å². The monoisotopic (exact) mass is 372 g/mol. The van der Waals surface area contributed by atoms with Crippen molar-refractivity contribution >= 4 is 17.2 Å². The van der Waals surface area contributed by atoms with Crippen molar-refractivity contribution in [3.8, 4) is 5.75 Å². The van der Waals surface area contributed by atoms with Gasteiger partial charge >= 0.3 is 0 Å². The molecule has 0 saturated carbocycles. The molecular weight excluding hydrogens is 348 g/mol. The number of ether oxygens (including phenoxy) is 2. The molecular formula is C20H24N2O3S. The van der Waals surface area contributed by atoms with Crippen molar-refractivity contribution in [1.82, 2.24) is 9.88 Å². The van der Waals surface area contributed by atoms with Crippen LogP contribution in [0.5, 0.6) is 5.75 Å². The Kier molecular flexibility index (Phi) is 4.96. The largest absolute Gasteiger partial charge is 0.492 e. The number of fused-ring (bicyclic) bond motifs is 1. The quantitative estimate of drug-likeness (QED) is 0.808. The van der Waals surface area contributed by atoms with Gasteiger partial charge in [0.25, 0.3) is 5.91 Å². The predicted octanol–water partition coefficient (Wildman–Crippen LogP) is 3.32. The van der Waals surface area contributed by atoms with Crippen molar-refractivity contribution < 1.29 is 14.3 Å². The minimum absolute atomic E-state index is 0.148. The lowest BCUT2D eigenvalue weighted by molar-refractivity contribution is 0.0676. The Labute approximate surface area is 157 Å². The van der Waals surface area contributed by atoms with Crippen LogP contribution in [0.2, 0.25) is 0 Å². The van der Waals surface area contributed by atoms with Crippen molar-refractivity contribution in [3.05, 3.63) is 45.9 Å². The molecule has 0 N–H and O–H groups in total. The van der Waals surface area contributed by atoms with Crippen LogP contribution in [0.4, 0.5) is 0 Å². The molecule has 0 unspecified atom stereocenters. The Morgan fingerprint density at radius 3 is 3.04 bits per heavy atom. The Balaban J connectivity index is 1.32. The van der Waals surface area contributed by atoms with E-state index in [1.54, 1.807) is 23.7 Å². The molecule has 0 spiro atoms. The van der Waals surface area contributed by atoms with Crippen LogP contribution in [-0.2, 0) is 4.74 Å². The molecule has 2 aliphatic heterocycles. The third kappa shape index (κ3) is 3.48. The molecule has 0 radical (unpaired) electrons. The summed E-state index contributed by atoms with van der Waals surface area (Å²) >= 11 is 1.59. The number of hydrogen-bond donors (Lipinski definition) is 0. The number of thiophene rings is 1. The number of carbonyl (C=O) groups excluding carboxylic acids is 1. The molecule has 0 bridgehead atoms. The van der Waals surface area contributed by atoms with Gasteiger partial charge in [-0.25, -0.2) is 0 Å². The van der Waals surface area contributed by atoms with Gasteiger partial charge in [-0.05, 0) is 49.9 Å². The van der Waals surface area contributed by atoms with Gasteiger partial charge in [-0.1, -0.05) is 0 Å². The molecule has 2 aliphatic rings. The summed E-state index contributed by atoms with van der Waals surface area (Å²) in [7, 11) is 0. The van der Waals surface area contributed by atoms with E-state index in [0.717, 1.165) is 30.2 Å². The van der Waals surface area contributed by atoms with Gasteiger partial charge in [-0.2, -0.15) is 0 Å². The standard InChI is InChI=1S/C20H24N2O3S/c1-13-8-19(26-14(13)2)20(23)22-10-17-15(12-25-18(17)11-22)5-7-24-16-4-3-6-21-9-16/h3-4,6,8-9,15,17-18H,5,7,10-12H2,1-2H3/t15-,17-,18-/m0/s1. The molecule has 2 aromatic heterocycles. The molecule has 0 aromatic carbocycles. The first-order chi connectivity index (χ1) is 12.6. The molecule has 1 amide bonds. The van der Waals surface area contributed by atoms with Gasteiger partial charge < -0.3 is 14.4 Å². The highest BCUT2D eigenvalue weighted by Crippen LogP contribution is 2.36. The number of pyridine rings is 1. The molecule has 138 valence electrons. The van der Waals surface area contributed by atoms with Gasteiger partial charge in [0.15, 0.2) is 0 Å². The average Bonchev–Trinajstić information content (AvgIpc) is 3.31. The fourth-order valence-corrected chi connectivity index (χ4v) is 4.86. The van der Waals surface area contributed by atoms with Gasteiger partial charge in [-0.3, -0.25) is 9.78 Å². The maximum atomic E-state index is 12.8. The first kappa shape index (κ1) is 17.5. The maximum Gasteiger partial charge on any atom is 0.264 e. The number of carbonyl (C=O) groups is 1. The van der Waals surface area contributed by atoms with Crippen LogP contribution in [0.3, 0.4) is 0 Å². The average molecular weight is 372 g/mol. The van der Waals surface area contributed by atoms with E-state index in [1.807, 2.05) is 23.1 Å². The Morgan fingerprint density at radius 1 is 1.42 bits per heavy atom. The lowest BCUT2D eigenvalue weighted by Gasteiger charge is -2.19. The zero-order valence-corrected chi connectivity index (χ0v) is 16.0. The Morgan fingerprint density at radius 2 is 2.31 bits per heavy atom. The SMILES string of the molecule is Cc1cc(C(=O)N2C[C@H]3[C@@H](CCOc4cccnc4)CO[C@H]3C2)sc1C. The van der Waals surface area contributed by atoms with E-state index in [9.17, 15) is 4.79 Å². The number of amides is 1. The zero-order valence-electron chi connectivity index (χ0n) is 15.2. The van der Waals surface area contributed by atoms with Crippen molar-refractivity contribution in [1.29, 1.82) is 0 Å².